The van der Waals surface area contributed by atoms with Crippen LogP contribution >= 0.6 is 0 Å². The van der Waals surface area contributed by atoms with Gasteiger partial charge in [0.2, 0.25) is 5.91 Å². The van der Waals surface area contributed by atoms with Crippen LogP contribution in [-0.4, -0.2) is 60.0 Å². The Kier molecular flexibility index (Phi) is 4.47. The molecule has 0 atom stereocenters. The average molecular weight is 410 g/mol. The summed E-state index contributed by atoms with van der Waals surface area (Å²) in [5, 5.41) is 0. The van der Waals surface area contributed by atoms with E-state index < -0.39 is 0 Å². The van der Waals surface area contributed by atoms with Crippen molar-refractivity contribution in [3.8, 4) is 0 Å². The van der Waals surface area contributed by atoms with Gasteiger partial charge in [0, 0.05) is 45.3 Å². The van der Waals surface area contributed by atoms with E-state index in [1.165, 1.54) is 51.4 Å². The van der Waals surface area contributed by atoms with Crippen LogP contribution in [-0.2, 0) is 4.79 Å². The van der Waals surface area contributed by atoms with Gasteiger partial charge in [-0.15, -0.1) is 0 Å². The number of nitrogens with zero attached hydrogens (tertiary/aromatic N) is 5. The first-order valence-electron chi connectivity index (χ1n) is 12.2. The van der Waals surface area contributed by atoms with Gasteiger partial charge in [-0.25, -0.2) is 9.97 Å². The molecule has 0 radical (unpaired) electrons. The molecule has 4 saturated carbocycles. The average Bonchev–Trinajstić information content (AvgIpc) is 3.27. The van der Waals surface area contributed by atoms with Crippen LogP contribution in [0, 0.1) is 30.1 Å². The van der Waals surface area contributed by atoms with Gasteiger partial charge in [0.1, 0.15) is 17.5 Å². The van der Waals surface area contributed by atoms with Crippen LogP contribution in [0.5, 0.6) is 0 Å². The summed E-state index contributed by atoms with van der Waals surface area (Å²) in [7, 11) is 0. The lowest BCUT2D eigenvalue weighted by Gasteiger charge is -2.57. The predicted octanol–water partition coefficient (Wildman–Crippen LogP) is 3.25. The molecule has 162 valence electrons. The Morgan fingerprint density at radius 1 is 0.833 bits per heavy atom. The molecule has 0 unspecified atom stereocenters. The predicted molar refractivity (Wildman–Crippen MR) is 118 cm³/mol. The Morgan fingerprint density at radius 3 is 1.87 bits per heavy atom. The normalized spacial score (nSPS) is 35.4. The van der Waals surface area contributed by atoms with Crippen molar-refractivity contribution in [1.82, 2.24) is 14.9 Å². The van der Waals surface area contributed by atoms with Gasteiger partial charge in [0.15, 0.2) is 0 Å². The molecule has 7 rings (SSSR count). The minimum Gasteiger partial charge on any atom is -0.356 e. The van der Waals surface area contributed by atoms with Crippen molar-refractivity contribution >= 4 is 17.5 Å². The fourth-order valence-electron chi connectivity index (χ4n) is 7.65. The molecule has 1 aromatic heterocycles. The summed E-state index contributed by atoms with van der Waals surface area (Å²) in [5.41, 5.74) is -0.00858. The third-order valence-corrected chi connectivity index (χ3v) is 8.62. The second-order valence-electron chi connectivity index (χ2n) is 10.8. The molecular weight excluding hydrogens is 374 g/mol. The Bertz CT molecular complexity index is 790. The molecule has 3 heterocycles. The molecule has 2 saturated heterocycles. The van der Waals surface area contributed by atoms with Gasteiger partial charge in [-0.2, -0.15) is 0 Å². The third-order valence-electron chi connectivity index (χ3n) is 8.62. The van der Waals surface area contributed by atoms with Crippen molar-refractivity contribution in [2.24, 2.45) is 23.2 Å². The molecule has 6 aliphatic rings. The van der Waals surface area contributed by atoms with Crippen LogP contribution in [0.1, 0.15) is 57.2 Å². The van der Waals surface area contributed by atoms with Gasteiger partial charge < -0.3 is 14.7 Å². The molecule has 0 N–H and O–H groups in total. The zero-order valence-electron chi connectivity index (χ0n) is 18.4. The summed E-state index contributed by atoms with van der Waals surface area (Å²) in [6.07, 6.45) is 10.2. The summed E-state index contributed by atoms with van der Waals surface area (Å²) in [5.74, 6) is 5.92. The van der Waals surface area contributed by atoms with E-state index in [2.05, 4.69) is 25.8 Å². The summed E-state index contributed by atoms with van der Waals surface area (Å²) in [4.78, 5) is 30.0. The first-order valence-corrected chi connectivity index (χ1v) is 12.2. The zero-order chi connectivity index (χ0) is 20.3. The molecule has 4 aliphatic carbocycles. The smallest absolute Gasteiger partial charge is 0.228 e. The molecule has 6 heteroatoms. The standard InChI is InChI=1S/C24H35N5O/c1-17-25-21(27-4-2-3-5-27)13-22(26-17)28-6-8-29(9-7-28)23(30)24-14-18-10-19(15-24)12-20(11-18)16-24/h13,18-20H,2-12,14-16H2,1H3. The van der Waals surface area contributed by atoms with Gasteiger partial charge in [-0.05, 0) is 76.0 Å². The highest BCUT2D eigenvalue weighted by atomic mass is 16.2. The third kappa shape index (κ3) is 3.18. The monoisotopic (exact) mass is 409 g/mol. The minimum absolute atomic E-state index is 0.00858. The number of amides is 1. The fourth-order valence-corrected chi connectivity index (χ4v) is 7.65. The highest BCUT2D eigenvalue weighted by Gasteiger charge is 2.55. The van der Waals surface area contributed by atoms with E-state index in [9.17, 15) is 4.79 Å². The van der Waals surface area contributed by atoms with Gasteiger partial charge in [-0.3, -0.25) is 4.79 Å². The van der Waals surface area contributed by atoms with E-state index in [0.717, 1.165) is 74.5 Å². The summed E-state index contributed by atoms with van der Waals surface area (Å²) >= 11 is 0. The van der Waals surface area contributed by atoms with Gasteiger partial charge >= 0.3 is 0 Å². The number of hydrogen-bond donors (Lipinski definition) is 0. The van der Waals surface area contributed by atoms with E-state index in [0.29, 0.717) is 5.91 Å². The SMILES string of the molecule is Cc1nc(N2CCCC2)cc(N2CCN(C(=O)C34CC5CC(CC(C5)C3)C4)CC2)n1. The van der Waals surface area contributed by atoms with Crippen LogP contribution in [0.25, 0.3) is 0 Å². The van der Waals surface area contributed by atoms with Crippen LogP contribution < -0.4 is 9.80 Å². The van der Waals surface area contributed by atoms with Crippen molar-refractivity contribution in [3.63, 3.8) is 0 Å². The van der Waals surface area contributed by atoms with Crippen LogP contribution in [0.15, 0.2) is 6.07 Å². The fraction of sp³-hybridized carbons (Fsp3) is 0.792. The topological polar surface area (TPSA) is 52.6 Å². The molecule has 6 nitrogen and oxygen atoms in total. The van der Waals surface area contributed by atoms with Crippen molar-refractivity contribution in [1.29, 1.82) is 0 Å². The van der Waals surface area contributed by atoms with E-state index in [4.69, 9.17) is 4.98 Å². The van der Waals surface area contributed by atoms with Crippen molar-refractivity contribution < 1.29 is 4.79 Å². The number of aryl methyl sites for hydroxylation is 1. The zero-order valence-corrected chi connectivity index (χ0v) is 18.4. The molecular formula is C24H35N5O. The van der Waals surface area contributed by atoms with Gasteiger partial charge in [0.05, 0.1) is 5.41 Å². The van der Waals surface area contributed by atoms with Crippen molar-refractivity contribution in [2.45, 2.75) is 58.3 Å². The maximum atomic E-state index is 13.7. The molecule has 6 fully saturated rings. The summed E-state index contributed by atoms with van der Waals surface area (Å²) in [6, 6.07) is 2.16. The second kappa shape index (κ2) is 7.10. The van der Waals surface area contributed by atoms with Crippen molar-refractivity contribution in [2.75, 3.05) is 49.1 Å². The Labute approximate surface area is 180 Å². The van der Waals surface area contributed by atoms with E-state index in [1.54, 1.807) is 0 Å². The lowest BCUT2D eigenvalue weighted by Crippen LogP contribution is -2.58. The molecule has 0 spiro atoms. The second-order valence-corrected chi connectivity index (χ2v) is 10.8. The van der Waals surface area contributed by atoms with Gasteiger partial charge in [0.25, 0.3) is 0 Å². The summed E-state index contributed by atoms with van der Waals surface area (Å²) in [6.45, 7) is 7.63. The first kappa shape index (κ1) is 18.9. The Morgan fingerprint density at radius 2 is 1.33 bits per heavy atom. The molecule has 4 bridgehead atoms. The van der Waals surface area contributed by atoms with Crippen LogP contribution in [0.4, 0.5) is 11.6 Å². The van der Waals surface area contributed by atoms with Gasteiger partial charge in [-0.1, -0.05) is 0 Å². The number of hydrogen-bond acceptors (Lipinski definition) is 5. The number of carbonyl (C=O) groups excluding carboxylic acids is 1. The molecule has 0 aromatic carbocycles. The minimum atomic E-state index is -0.00858. The highest BCUT2D eigenvalue weighted by molar-refractivity contribution is 5.83. The molecule has 2 aliphatic heterocycles. The maximum Gasteiger partial charge on any atom is 0.228 e. The number of anilines is 2. The first-order chi connectivity index (χ1) is 14.6. The molecule has 30 heavy (non-hydrogen) atoms. The lowest BCUT2D eigenvalue weighted by molar-refractivity contribution is -0.158. The largest absolute Gasteiger partial charge is 0.356 e. The number of aromatic nitrogens is 2. The lowest BCUT2D eigenvalue weighted by atomic mass is 9.49. The summed E-state index contributed by atoms with van der Waals surface area (Å²) < 4.78 is 0. The highest BCUT2D eigenvalue weighted by Crippen LogP contribution is 2.60. The number of piperazine rings is 1. The molecule has 1 amide bonds. The maximum absolute atomic E-state index is 13.7. The Hall–Kier alpha value is -1.85. The van der Waals surface area contributed by atoms with E-state index >= 15 is 0 Å². The van der Waals surface area contributed by atoms with E-state index in [1.807, 2.05) is 6.92 Å². The number of carbonyl (C=O) groups is 1. The number of rotatable bonds is 3. The van der Waals surface area contributed by atoms with Crippen molar-refractivity contribution in [3.05, 3.63) is 11.9 Å². The van der Waals surface area contributed by atoms with E-state index in [-0.39, 0.29) is 5.41 Å². The molecule has 1 aromatic rings. The van der Waals surface area contributed by atoms with Crippen LogP contribution in [0.3, 0.4) is 0 Å². The van der Waals surface area contributed by atoms with Crippen LogP contribution in [0.2, 0.25) is 0 Å². The Balaban J connectivity index is 1.14. The quantitative estimate of drug-likeness (QED) is 0.767.